The summed E-state index contributed by atoms with van der Waals surface area (Å²) in [6.45, 7) is 7.86. The number of likely N-dealkylation sites (tertiary alicyclic amines) is 1. The molecule has 2 aliphatic heterocycles. The Kier molecular flexibility index (Phi) is 3.39. The number of hydrogen-bond acceptors (Lipinski definition) is 4. The molecule has 0 aromatic carbocycles. The molecule has 0 bridgehead atoms. The van der Waals surface area contributed by atoms with E-state index in [0.717, 1.165) is 0 Å². The number of carbonyl (C=O) groups is 2. The Morgan fingerprint density at radius 3 is 2.60 bits per heavy atom. The highest BCUT2D eigenvalue weighted by Gasteiger charge is 2.48. The predicted octanol–water partition coefficient (Wildman–Crippen LogP) is 1.43. The van der Waals surface area contributed by atoms with Gasteiger partial charge < -0.3 is 15.0 Å². The van der Waals surface area contributed by atoms with Gasteiger partial charge in [0.2, 0.25) is 0 Å². The lowest BCUT2D eigenvalue weighted by Crippen LogP contribution is -2.59. The van der Waals surface area contributed by atoms with Crippen molar-refractivity contribution in [2.45, 2.75) is 57.7 Å². The number of urea groups is 1. The van der Waals surface area contributed by atoms with Crippen molar-refractivity contribution < 1.29 is 14.3 Å². The van der Waals surface area contributed by atoms with Gasteiger partial charge in [-0.15, -0.1) is 0 Å². The summed E-state index contributed by atoms with van der Waals surface area (Å²) >= 11 is 0. The zero-order valence-electron chi connectivity index (χ0n) is 12.4. The van der Waals surface area contributed by atoms with Crippen molar-refractivity contribution >= 4 is 18.0 Å². The minimum absolute atomic E-state index is 0.0980. The molecule has 3 amide bonds. The van der Waals surface area contributed by atoms with E-state index in [1.807, 2.05) is 27.7 Å². The van der Waals surface area contributed by atoms with Crippen LogP contribution in [0.3, 0.4) is 0 Å². The van der Waals surface area contributed by atoms with Gasteiger partial charge in [-0.1, -0.05) is 0 Å². The molecule has 2 aliphatic rings. The number of piperidine rings is 1. The predicted molar refractivity (Wildman–Crippen MR) is 73.8 cm³/mol. The van der Waals surface area contributed by atoms with Gasteiger partial charge in [-0.05, 0) is 40.5 Å². The second-order valence-corrected chi connectivity index (χ2v) is 6.51. The Morgan fingerprint density at radius 1 is 1.50 bits per heavy atom. The lowest BCUT2D eigenvalue weighted by molar-refractivity contribution is 0.00755. The average Bonchev–Trinajstić information content (AvgIpc) is 2.50. The van der Waals surface area contributed by atoms with E-state index < -0.39 is 11.1 Å². The van der Waals surface area contributed by atoms with Gasteiger partial charge in [0.05, 0.1) is 0 Å². The normalized spacial score (nSPS) is 30.2. The first-order chi connectivity index (χ1) is 9.13. The topological polar surface area (TPSA) is 94.5 Å². The van der Waals surface area contributed by atoms with Crippen LogP contribution in [0.1, 0.15) is 40.5 Å². The van der Waals surface area contributed by atoms with Crippen molar-refractivity contribution in [3.8, 4) is 0 Å². The van der Waals surface area contributed by atoms with E-state index in [2.05, 4.69) is 10.6 Å². The molecule has 112 valence electrons. The first-order valence-corrected chi connectivity index (χ1v) is 6.81. The number of carbonyl (C=O) groups excluding carboxylic acids is 2. The van der Waals surface area contributed by atoms with Gasteiger partial charge in [0.15, 0.2) is 0 Å². The third-order valence-corrected chi connectivity index (χ3v) is 3.65. The van der Waals surface area contributed by atoms with Gasteiger partial charge in [-0.25, -0.2) is 9.59 Å². The number of nitrogens with one attached hydrogen (secondary N) is 3. The van der Waals surface area contributed by atoms with Gasteiger partial charge in [0.25, 0.3) is 0 Å². The molecular weight excluding hydrogens is 260 g/mol. The molecule has 0 saturated carbocycles. The molecule has 2 rings (SSSR count). The minimum atomic E-state index is -0.658. The van der Waals surface area contributed by atoms with Crippen LogP contribution in [0.2, 0.25) is 0 Å². The lowest BCUT2D eigenvalue weighted by Gasteiger charge is -2.42. The van der Waals surface area contributed by atoms with E-state index in [4.69, 9.17) is 10.1 Å². The highest BCUT2D eigenvalue weighted by atomic mass is 16.6. The maximum Gasteiger partial charge on any atom is 0.410 e. The number of ether oxygens (including phenoxy) is 1. The molecule has 2 unspecified atom stereocenters. The minimum Gasteiger partial charge on any atom is -0.444 e. The first-order valence-electron chi connectivity index (χ1n) is 6.81. The Balaban J connectivity index is 2.05. The van der Waals surface area contributed by atoms with Crippen LogP contribution in [0.25, 0.3) is 0 Å². The van der Waals surface area contributed by atoms with Crippen LogP contribution < -0.4 is 10.6 Å². The van der Waals surface area contributed by atoms with Gasteiger partial charge in [-0.3, -0.25) is 10.7 Å². The summed E-state index contributed by atoms with van der Waals surface area (Å²) in [5.74, 6) is 0.193. The molecule has 2 atom stereocenters. The standard InChI is InChI=1S/C13H22N4O3/c1-8-7-13(9(14)15-10(18)16-13)5-6-17(8)11(19)20-12(2,3)4/h8H,5-7H2,1-4H3,(H3,14,15,16,18). The van der Waals surface area contributed by atoms with Crippen molar-refractivity contribution in [1.29, 1.82) is 5.41 Å². The molecule has 7 nitrogen and oxygen atoms in total. The number of nitrogens with zero attached hydrogens (tertiary/aromatic N) is 1. The van der Waals surface area contributed by atoms with E-state index in [9.17, 15) is 9.59 Å². The molecule has 2 heterocycles. The van der Waals surface area contributed by atoms with E-state index in [-0.39, 0.29) is 24.0 Å². The fraction of sp³-hybridized carbons (Fsp3) is 0.769. The Labute approximate surface area is 118 Å². The molecule has 20 heavy (non-hydrogen) atoms. The molecule has 1 spiro atoms. The third kappa shape index (κ3) is 2.71. The summed E-state index contributed by atoms with van der Waals surface area (Å²) in [5.41, 5.74) is -1.18. The second-order valence-electron chi connectivity index (χ2n) is 6.51. The summed E-state index contributed by atoms with van der Waals surface area (Å²) in [6.07, 6.45) is 0.696. The molecular formula is C13H22N4O3. The van der Waals surface area contributed by atoms with Crippen LogP contribution >= 0.6 is 0 Å². The zero-order chi connectivity index (χ0) is 15.1. The second kappa shape index (κ2) is 4.64. The number of hydrogen-bond donors (Lipinski definition) is 3. The van der Waals surface area contributed by atoms with Crippen LogP contribution in [0.5, 0.6) is 0 Å². The molecule has 3 N–H and O–H groups in total. The van der Waals surface area contributed by atoms with E-state index in [1.54, 1.807) is 4.90 Å². The van der Waals surface area contributed by atoms with E-state index in [0.29, 0.717) is 19.4 Å². The largest absolute Gasteiger partial charge is 0.444 e. The highest BCUT2D eigenvalue weighted by Crippen LogP contribution is 2.30. The molecule has 0 aromatic rings. The first kappa shape index (κ1) is 14.6. The van der Waals surface area contributed by atoms with Crippen molar-refractivity contribution in [1.82, 2.24) is 15.5 Å². The molecule has 0 aromatic heterocycles. The van der Waals surface area contributed by atoms with Crippen LogP contribution in [0, 0.1) is 5.41 Å². The smallest absolute Gasteiger partial charge is 0.410 e. The van der Waals surface area contributed by atoms with E-state index in [1.165, 1.54) is 0 Å². The van der Waals surface area contributed by atoms with E-state index >= 15 is 0 Å². The van der Waals surface area contributed by atoms with Crippen LogP contribution in [-0.4, -0.2) is 46.6 Å². The molecule has 0 radical (unpaired) electrons. The molecule has 7 heteroatoms. The van der Waals surface area contributed by atoms with Crippen LogP contribution in [0.15, 0.2) is 0 Å². The van der Waals surface area contributed by atoms with Gasteiger partial charge in [0.1, 0.15) is 17.0 Å². The van der Waals surface area contributed by atoms with Crippen LogP contribution in [0.4, 0.5) is 9.59 Å². The Morgan fingerprint density at radius 2 is 2.15 bits per heavy atom. The Bertz CT molecular complexity index is 457. The summed E-state index contributed by atoms with van der Waals surface area (Å²) in [6, 6.07) is -0.438. The fourth-order valence-electron chi connectivity index (χ4n) is 2.72. The quantitative estimate of drug-likeness (QED) is 0.627. The van der Waals surface area contributed by atoms with Gasteiger partial charge >= 0.3 is 12.1 Å². The highest BCUT2D eigenvalue weighted by molar-refractivity contribution is 6.08. The SMILES string of the molecule is CC1CC2(CCN1C(=O)OC(C)(C)C)NC(=O)NC2=N. The third-order valence-electron chi connectivity index (χ3n) is 3.65. The molecule has 2 saturated heterocycles. The van der Waals surface area contributed by atoms with Crippen LogP contribution in [-0.2, 0) is 4.74 Å². The molecule has 2 fully saturated rings. The number of amidine groups is 1. The maximum absolute atomic E-state index is 12.1. The fourth-order valence-corrected chi connectivity index (χ4v) is 2.72. The van der Waals surface area contributed by atoms with Crippen molar-refractivity contribution in [3.05, 3.63) is 0 Å². The Hall–Kier alpha value is -1.79. The zero-order valence-corrected chi connectivity index (χ0v) is 12.4. The maximum atomic E-state index is 12.1. The monoisotopic (exact) mass is 282 g/mol. The van der Waals surface area contributed by atoms with Crippen molar-refractivity contribution in [2.24, 2.45) is 0 Å². The van der Waals surface area contributed by atoms with Gasteiger partial charge in [-0.2, -0.15) is 0 Å². The number of rotatable bonds is 0. The molecule has 0 aliphatic carbocycles. The van der Waals surface area contributed by atoms with Crippen molar-refractivity contribution in [3.63, 3.8) is 0 Å². The summed E-state index contributed by atoms with van der Waals surface area (Å²) in [7, 11) is 0. The average molecular weight is 282 g/mol. The summed E-state index contributed by atoms with van der Waals surface area (Å²) in [4.78, 5) is 25.1. The van der Waals surface area contributed by atoms with Crippen molar-refractivity contribution in [2.75, 3.05) is 6.54 Å². The summed E-state index contributed by atoms with van der Waals surface area (Å²) in [5, 5.41) is 13.2. The number of amides is 3. The lowest BCUT2D eigenvalue weighted by atomic mass is 9.83. The van der Waals surface area contributed by atoms with Gasteiger partial charge in [0, 0.05) is 12.6 Å². The summed E-state index contributed by atoms with van der Waals surface area (Å²) < 4.78 is 5.38.